The van der Waals surface area contributed by atoms with Crippen LogP contribution in [0.15, 0.2) is 18.2 Å². The molecule has 0 spiro atoms. The lowest BCUT2D eigenvalue weighted by Crippen LogP contribution is -2.38. The molecule has 1 saturated heterocycles. The fourth-order valence-electron chi connectivity index (χ4n) is 2.60. The SMILES string of the molecule is CC(C)CCN(c1ccc(C#N)c(Cl)c1)[C@H]1CCNC1. The third kappa shape index (κ3) is 3.65. The predicted molar refractivity (Wildman–Crippen MR) is 84.2 cm³/mol. The van der Waals surface area contributed by atoms with Crippen LogP contribution in [0.1, 0.15) is 32.3 Å². The molecule has 0 amide bonds. The van der Waals surface area contributed by atoms with Gasteiger partial charge in [-0.15, -0.1) is 0 Å². The average Bonchev–Trinajstić information content (AvgIpc) is 2.93. The maximum Gasteiger partial charge on any atom is 0.101 e. The van der Waals surface area contributed by atoms with Gasteiger partial charge in [0.2, 0.25) is 0 Å². The van der Waals surface area contributed by atoms with Crippen molar-refractivity contribution < 1.29 is 0 Å². The smallest absolute Gasteiger partial charge is 0.101 e. The van der Waals surface area contributed by atoms with Crippen molar-refractivity contribution in [2.24, 2.45) is 5.92 Å². The van der Waals surface area contributed by atoms with Crippen LogP contribution in [0.25, 0.3) is 0 Å². The summed E-state index contributed by atoms with van der Waals surface area (Å²) in [5.41, 5.74) is 1.67. The van der Waals surface area contributed by atoms with E-state index in [4.69, 9.17) is 16.9 Å². The van der Waals surface area contributed by atoms with Gasteiger partial charge in [-0.1, -0.05) is 25.4 Å². The predicted octanol–water partition coefficient (Wildman–Crippen LogP) is 3.43. The molecule has 20 heavy (non-hydrogen) atoms. The summed E-state index contributed by atoms with van der Waals surface area (Å²) in [7, 11) is 0. The second-order valence-corrected chi connectivity index (χ2v) is 6.21. The van der Waals surface area contributed by atoms with Crippen molar-refractivity contribution in [1.82, 2.24) is 5.32 Å². The first-order chi connectivity index (χ1) is 9.61. The van der Waals surface area contributed by atoms with Crippen molar-refractivity contribution in [3.05, 3.63) is 28.8 Å². The minimum absolute atomic E-state index is 0.526. The molecule has 1 aliphatic rings. The van der Waals surface area contributed by atoms with Crippen LogP contribution in [-0.2, 0) is 0 Å². The molecule has 1 heterocycles. The summed E-state index contributed by atoms with van der Waals surface area (Å²) in [5, 5.41) is 12.9. The van der Waals surface area contributed by atoms with E-state index in [1.807, 2.05) is 18.2 Å². The van der Waals surface area contributed by atoms with Crippen LogP contribution in [0.4, 0.5) is 5.69 Å². The van der Waals surface area contributed by atoms with E-state index in [0.717, 1.165) is 38.2 Å². The van der Waals surface area contributed by atoms with Gasteiger partial charge in [0.15, 0.2) is 0 Å². The number of nitrogens with zero attached hydrogens (tertiary/aromatic N) is 2. The van der Waals surface area contributed by atoms with E-state index in [9.17, 15) is 0 Å². The van der Waals surface area contributed by atoms with Crippen molar-refractivity contribution in [2.45, 2.75) is 32.7 Å². The minimum atomic E-state index is 0.526. The van der Waals surface area contributed by atoms with Crippen LogP contribution >= 0.6 is 11.6 Å². The first kappa shape index (κ1) is 15.2. The van der Waals surface area contributed by atoms with E-state index < -0.39 is 0 Å². The molecule has 1 aliphatic heterocycles. The highest BCUT2D eigenvalue weighted by Gasteiger charge is 2.23. The van der Waals surface area contributed by atoms with Crippen molar-refractivity contribution >= 4 is 17.3 Å². The highest BCUT2D eigenvalue weighted by molar-refractivity contribution is 6.32. The van der Waals surface area contributed by atoms with Crippen molar-refractivity contribution in [1.29, 1.82) is 5.26 Å². The molecule has 1 aromatic carbocycles. The fourth-order valence-corrected chi connectivity index (χ4v) is 2.82. The maximum absolute atomic E-state index is 8.98. The molecule has 1 aromatic rings. The summed E-state index contributed by atoms with van der Waals surface area (Å²) in [6.45, 7) is 7.63. The number of benzene rings is 1. The van der Waals surface area contributed by atoms with Gasteiger partial charge in [0.1, 0.15) is 6.07 Å². The second-order valence-electron chi connectivity index (χ2n) is 5.80. The third-order valence-corrected chi connectivity index (χ3v) is 4.14. The zero-order chi connectivity index (χ0) is 14.5. The van der Waals surface area contributed by atoms with E-state index in [1.165, 1.54) is 0 Å². The Hall–Kier alpha value is -1.24. The molecule has 3 nitrogen and oxygen atoms in total. The summed E-state index contributed by atoms with van der Waals surface area (Å²) in [6.07, 6.45) is 2.32. The van der Waals surface area contributed by atoms with Gasteiger partial charge in [-0.05, 0) is 43.5 Å². The molecule has 0 unspecified atom stereocenters. The van der Waals surface area contributed by atoms with Crippen LogP contribution in [-0.4, -0.2) is 25.7 Å². The Morgan fingerprint density at radius 2 is 2.30 bits per heavy atom. The standard InChI is InChI=1S/C16H22ClN3/c1-12(2)6-8-20(15-5-7-19-11-15)14-4-3-13(10-18)16(17)9-14/h3-4,9,12,15,19H,5-8,11H2,1-2H3/t15-/m0/s1. The summed E-state index contributed by atoms with van der Waals surface area (Å²) >= 11 is 6.18. The Balaban J connectivity index is 2.20. The normalized spacial score (nSPS) is 18.2. The van der Waals surface area contributed by atoms with Gasteiger partial charge in [-0.25, -0.2) is 0 Å². The first-order valence-electron chi connectivity index (χ1n) is 7.29. The van der Waals surface area contributed by atoms with Crippen LogP contribution in [0, 0.1) is 17.2 Å². The van der Waals surface area contributed by atoms with Gasteiger partial charge in [0, 0.05) is 24.8 Å². The third-order valence-electron chi connectivity index (χ3n) is 3.83. The lowest BCUT2D eigenvalue weighted by Gasteiger charge is -2.31. The Morgan fingerprint density at radius 3 is 2.85 bits per heavy atom. The maximum atomic E-state index is 8.98. The van der Waals surface area contributed by atoms with Gasteiger partial charge in [-0.2, -0.15) is 5.26 Å². The Morgan fingerprint density at radius 1 is 1.50 bits per heavy atom. The minimum Gasteiger partial charge on any atom is -0.367 e. The monoisotopic (exact) mass is 291 g/mol. The van der Waals surface area contributed by atoms with Gasteiger partial charge in [-0.3, -0.25) is 0 Å². The molecule has 108 valence electrons. The molecule has 1 atom stereocenters. The van der Waals surface area contributed by atoms with Crippen molar-refractivity contribution in [2.75, 3.05) is 24.5 Å². The largest absolute Gasteiger partial charge is 0.367 e. The molecular weight excluding hydrogens is 270 g/mol. The van der Waals surface area contributed by atoms with Crippen LogP contribution < -0.4 is 10.2 Å². The molecule has 1 fully saturated rings. The molecule has 2 rings (SSSR count). The number of nitrogens with one attached hydrogen (secondary N) is 1. The quantitative estimate of drug-likeness (QED) is 0.903. The zero-order valence-corrected chi connectivity index (χ0v) is 13.0. The number of anilines is 1. The van der Waals surface area contributed by atoms with E-state index in [-0.39, 0.29) is 0 Å². The molecule has 4 heteroatoms. The molecule has 0 aromatic heterocycles. The van der Waals surface area contributed by atoms with Crippen LogP contribution in [0.2, 0.25) is 5.02 Å². The summed E-state index contributed by atoms with van der Waals surface area (Å²) < 4.78 is 0. The number of halogens is 1. The average molecular weight is 292 g/mol. The molecule has 0 radical (unpaired) electrons. The Kier molecular flexibility index (Phi) is 5.28. The van der Waals surface area contributed by atoms with Crippen LogP contribution in [0.3, 0.4) is 0 Å². The number of hydrogen-bond acceptors (Lipinski definition) is 3. The summed E-state index contributed by atoms with van der Waals surface area (Å²) in [6, 6.07) is 8.41. The van der Waals surface area contributed by atoms with E-state index in [0.29, 0.717) is 22.5 Å². The first-order valence-corrected chi connectivity index (χ1v) is 7.66. The van der Waals surface area contributed by atoms with Gasteiger partial charge in [0.05, 0.1) is 10.6 Å². The highest BCUT2D eigenvalue weighted by atomic mass is 35.5. The molecule has 0 saturated carbocycles. The van der Waals surface area contributed by atoms with E-state index in [2.05, 4.69) is 30.1 Å². The van der Waals surface area contributed by atoms with E-state index >= 15 is 0 Å². The zero-order valence-electron chi connectivity index (χ0n) is 12.2. The second kappa shape index (κ2) is 6.97. The van der Waals surface area contributed by atoms with Gasteiger partial charge >= 0.3 is 0 Å². The Labute approximate surface area is 126 Å². The topological polar surface area (TPSA) is 39.1 Å². The molecule has 0 bridgehead atoms. The number of rotatable bonds is 5. The Bertz CT molecular complexity index is 487. The molecule has 1 N–H and O–H groups in total. The summed E-state index contributed by atoms with van der Waals surface area (Å²) in [5.74, 6) is 0.681. The summed E-state index contributed by atoms with van der Waals surface area (Å²) in [4.78, 5) is 2.44. The number of hydrogen-bond donors (Lipinski definition) is 1. The fraction of sp³-hybridized carbons (Fsp3) is 0.562. The number of nitriles is 1. The van der Waals surface area contributed by atoms with Crippen LogP contribution in [0.5, 0.6) is 0 Å². The lowest BCUT2D eigenvalue weighted by atomic mass is 10.1. The molecule has 0 aliphatic carbocycles. The van der Waals surface area contributed by atoms with Gasteiger partial charge < -0.3 is 10.2 Å². The molecular formula is C16H22ClN3. The van der Waals surface area contributed by atoms with Gasteiger partial charge in [0.25, 0.3) is 0 Å². The lowest BCUT2D eigenvalue weighted by molar-refractivity contribution is 0.538. The van der Waals surface area contributed by atoms with Crippen molar-refractivity contribution in [3.8, 4) is 6.07 Å². The van der Waals surface area contributed by atoms with E-state index in [1.54, 1.807) is 0 Å². The van der Waals surface area contributed by atoms with Crippen molar-refractivity contribution in [3.63, 3.8) is 0 Å². The highest BCUT2D eigenvalue weighted by Crippen LogP contribution is 2.27.